The van der Waals surface area contributed by atoms with Crippen molar-refractivity contribution >= 4 is 17.4 Å². The number of aliphatic hydroxyl groups excluding tert-OH is 1. The Bertz CT molecular complexity index is 386. The monoisotopic (exact) mass is 255 g/mol. The van der Waals surface area contributed by atoms with E-state index in [1.54, 1.807) is 6.20 Å². The van der Waals surface area contributed by atoms with Gasteiger partial charge in [-0.25, -0.2) is 4.98 Å². The van der Waals surface area contributed by atoms with E-state index in [4.69, 9.17) is 17.3 Å². The quantitative estimate of drug-likeness (QED) is 0.860. The van der Waals surface area contributed by atoms with Crippen molar-refractivity contribution < 1.29 is 5.11 Å². The standard InChI is InChI=1S/C12H18ClN3O/c13-11-9(7-14)4-5-15-12(11)16-6-2-1-3-10(16)8-17/h4-5,10,17H,1-3,6-8,14H2. The maximum Gasteiger partial charge on any atom is 0.148 e. The largest absolute Gasteiger partial charge is 0.394 e. The number of nitrogens with two attached hydrogens (primary N) is 1. The van der Waals surface area contributed by atoms with E-state index in [-0.39, 0.29) is 12.6 Å². The number of hydrogen-bond donors (Lipinski definition) is 2. The van der Waals surface area contributed by atoms with Crippen LogP contribution in [0.4, 0.5) is 5.82 Å². The van der Waals surface area contributed by atoms with Crippen LogP contribution < -0.4 is 10.6 Å². The van der Waals surface area contributed by atoms with Gasteiger partial charge in [0.2, 0.25) is 0 Å². The summed E-state index contributed by atoms with van der Waals surface area (Å²) >= 11 is 6.30. The van der Waals surface area contributed by atoms with E-state index in [1.807, 2.05) is 6.07 Å². The van der Waals surface area contributed by atoms with Gasteiger partial charge < -0.3 is 15.7 Å². The van der Waals surface area contributed by atoms with E-state index < -0.39 is 0 Å². The Balaban J connectivity index is 2.31. The topological polar surface area (TPSA) is 62.4 Å². The highest BCUT2D eigenvalue weighted by atomic mass is 35.5. The molecule has 1 saturated heterocycles. The highest BCUT2D eigenvalue weighted by Gasteiger charge is 2.25. The molecule has 2 rings (SSSR count). The van der Waals surface area contributed by atoms with Crippen LogP contribution >= 0.6 is 11.6 Å². The number of hydrogen-bond acceptors (Lipinski definition) is 4. The summed E-state index contributed by atoms with van der Waals surface area (Å²) in [7, 11) is 0. The molecule has 1 aliphatic heterocycles. The van der Waals surface area contributed by atoms with Crippen LogP contribution in [0.5, 0.6) is 0 Å². The molecule has 0 saturated carbocycles. The van der Waals surface area contributed by atoms with Gasteiger partial charge in [-0.3, -0.25) is 0 Å². The van der Waals surface area contributed by atoms with Crippen LogP contribution in [0.3, 0.4) is 0 Å². The summed E-state index contributed by atoms with van der Waals surface area (Å²) in [4.78, 5) is 6.44. The summed E-state index contributed by atoms with van der Waals surface area (Å²) in [6, 6.07) is 1.96. The lowest BCUT2D eigenvalue weighted by molar-refractivity contribution is 0.239. The first-order valence-electron chi connectivity index (χ1n) is 5.99. The Morgan fingerprint density at radius 3 is 3.06 bits per heavy atom. The highest BCUT2D eigenvalue weighted by Crippen LogP contribution is 2.31. The normalized spacial score (nSPS) is 20.6. The summed E-state index contributed by atoms with van der Waals surface area (Å²) in [5, 5.41) is 10.0. The molecule has 1 fully saturated rings. The van der Waals surface area contributed by atoms with Crippen molar-refractivity contribution in [2.24, 2.45) is 5.73 Å². The molecular formula is C12H18ClN3O. The zero-order chi connectivity index (χ0) is 12.3. The molecule has 0 aromatic carbocycles. The Labute approximate surface area is 106 Å². The molecule has 94 valence electrons. The average molecular weight is 256 g/mol. The van der Waals surface area contributed by atoms with Crippen LogP contribution in [-0.2, 0) is 6.54 Å². The van der Waals surface area contributed by atoms with E-state index in [0.717, 1.165) is 37.2 Å². The molecule has 0 spiro atoms. The molecule has 1 aliphatic rings. The van der Waals surface area contributed by atoms with Crippen LogP contribution in [0.1, 0.15) is 24.8 Å². The van der Waals surface area contributed by atoms with Crippen molar-refractivity contribution in [1.82, 2.24) is 4.98 Å². The second-order valence-corrected chi connectivity index (χ2v) is 4.72. The zero-order valence-electron chi connectivity index (χ0n) is 9.77. The van der Waals surface area contributed by atoms with Gasteiger partial charge in [-0.15, -0.1) is 0 Å². The Morgan fingerprint density at radius 2 is 2.35 bits per heavy atom. The van der Waals surface area contributed by atoms with Crippen LogP contribution in [0.15, 0.2) is 12.3 Å². The first kappa shape index (κ1) is 12.6. The Morgan fingerprint density at radius 1 is 1.53 bits per heavy atom. The predicted octanol–water partition coefficient (Wildman–Crippen LogP) is 1.54. The lowest BCUT2D eigenvalue weighted by Crippen LogP contribution is -2.42. The SMILES string of the molecule is NCc1ccnc(N2CCCCC2CO)c1Cl. The molecule has 0 aliphatic carbocycles. The molecule has 1 atom stereocenters. The smallest absolute Gasteiger partial charge is 0.148 e. The molecular weight excluding hydrogens is 238 g/mol. The van der Waals surface area contributed by atoms with Gasteiger partial charge >= 0.3 is 0 Å². The van der Waals surface area contributed by atoms with Crippen LogP contribution in [-0.4, -0.2) is 29.3 Å². The lowest BCUT2D eigenvalue weighted by Gasteiger charge is -2.36. The van der Waals surface area contributed by atoms with Crippen LogP contribution in [0.25, 0.3) is 0 Å². The summed E-state index contributed by atoms with van der Waals surface area (Å²) in [5.74, 6) is 0.758. The minimum absolute atomic E-state index is 0.127. The molecule has 5 heteroatoms. The summed E-state index contributed by atoms with van der Waals surface area (Å²) in [6.45, 7) is 1.45. The minimum Gasteiger partial charge on any atom is -0.394 e. The second kappa shape index (κ2) is 5.67. The summed E-state index contributed by atoms with van der Waals surface area (Å²) in [6.07, 6.45) is 4.98. The fraction of sp³-hybridized carbons (Fsp3) is 0.583. The van der Waals surface area contributed by atoms with Crippen molar-refractivity contribution in [3.8, 4) is 0 Å². The molecule has 0 amide bonds. The Kier molecular flexibility index (Phi) is 4.20. The molecule has 4 nitrogen and oxygen atoms in total. The van der Waals surface area contributed by atoms with Gasteiger partial charge in [-0.05, 0) is 30.9 Å². The molecule has 1 unspecified atom stereocenters. The van der Waals surface area contributed by atoms with Crippen LogP contribution in [0.2, 0.25) is 5.02 Å². The van der Waals surface area contributed by atoms with Gasteiger partial charge in [0.15, 0.2) is 0 Å². The fourth-order valence-electron chi connectivity index (χ4n) is 2.30. The number of pyridine rings is 1. The minimum atomic E-state index is 0.127. The van der Waals surface area contributed by atoms with Gasteiger partial charge in [-0.2, -0.15) is 0 Å². The number of anilines is 1. The summed E-state index contributed by atoms with van der Waals surface area (Å²) < 4.78 is 0. The third-order valence-corrected chi connectivity index (χ3v) is 3.69. The predicted molar refractivity (Wildman–Crippen MR) is 69.2 cm³/mol. The van der Waals surface area contributed by atoms with E-state index >= 15 is 0 Å². The maximum absolute atomic E-state index is 9.40. The molecule has 0 radical (unpaired) electrons. The van der Waals surface area contributed by atoms with Crippen molar-refractivity contribution in [2.45, 2.75) is 31.8 Å². The van der Waals surface area contributed by atoms with Crippen molar-refractivity contribution in [2.75, 3.05) is 18.1 Å². The average Bonchev–Trinajstić information content (AvgIpc) is 2.39. The molecule has 1 aromatic heterocycles. The van der Waals surface area contributed by atoms with E-state index in [9.17, 15) is 5.11 Å². The van der Waals surface area contributed by atoms with Crippen molar-refractivity contribution in [1.29, 1.82) is 0 Å². The van der Waals surface area contributed by atoms with E-state index in [2.05, 4.69) is 9.88 Å². The molecule has 17 heavy (non-hydrogen) atoms. The first-order valence-corrected chi connectivity index (χ1v) is 6.36. The number of aliphatic hydroxyl groups is 1. The van der Waals surface area contributed by atoms with Gasteiger partial charge in [-0.1, -0.05) is 11.6 Å². The number of piperidine rings is 1. The van der Waals surface area contributed by atoms with E-state index in [0.29, 0.717) is 11.6 Å². The number of halogens is 1. The second-order valence-electron chi connectivity index (χ2n) is 4.34. The Hall–Kier alpha value is -0.840. The van der Waals surface area contributed by atoms with E-state index in [1.165, 1.54) is 0 Å². The molecule has 2 heterocycles. The molecule has 3 N–H and O–H groups in total. The summed E-state index contributed by atoms with van der Waals surface area (Å²) in [5.41, 5.74) is 6.54. The fourth-order valence-corrected chi connectivity index (χ4v) is 2.60. The lowest BCUT2D eigenvalue weighted by atomic mass is 10.0. The maximum atomic E-state index is 9.40. The highest BCUT2D eigenvalue weighted by molar-refractivity contribution is 6.33. The van der Waals surface area contributed by atoms with Gasteiger partial charge in [0, 0.05) is 19.3 Å². The van der Waals surface area contributed by atoms with Gasteiger partial charge in [0.1, 0.15) is 5.82 Å². The third kappa shape index (κ3) is 2.54. The number of nitrogens with zero attached hydrogens (tertiary/aromatic N) is 2. The first-order chi connectivity index (χ1) is 8.27. The number of aromatic nitrogens is 1. The van der Waals surface area contributed by atoms with Crippen molar-refractivity contribution in [3.05, 3.63) is 22.8 Å². The molecule has 0 bridgehead atoms. The number of rotatable bonds is 3. The van der Waals surface area contributed by atoms with Crippen molar-refractivity contribution in [3.63, 3.8) is 0 Å². The van der Waals surface area contributed by atoms with Crippen LogP contribution in [0, 0.1) is 0 Å². The molecule has 1 aromatic rings. The third-order valence-electron chi connectivity index (χ3n) is 3.28. The van der Waals surface area contributed by atoms with Gasteiger partial charge in [0.25, 0.3) is 0 Å². The van der Waals surface area contributed by atoms with Gasteiger partial charge in [0.05, 0.1) is 17.7 Å². The zero-order valence-corrected chi connectivity index (χ0v) is 10.5.